The second kappa shape index (κ2) is 7.61. The Morgan fingerprint density at radius 2 is 1.88 bits per heavy atom. The van der Waals surface area contributed by atoms with E-state index < -0.39 is 11.7 Å². The van der Waals surface area contributed by atoms with Crippen molar-refractivity contribution in [3.8, 4) is 0 Å². The topological polar surface area (TPSA) is 28.2 Å². The molecule has 1 aromatic heterocycles. The molecule has 2 heterocycles. The lowest BCUT2D eigenvalue weighted by molar-refractivity contribution is -0.137. The smallest absolute Gasteiger partial charge is 0.357 e. The number of piperidine rings is 1. The van der Waals surface area contributed by atoms with Gasteiger partial charge in [0.25, 0.3) is 0 Å². The first-order valence-corrected chi connectivity index (χ1v) is 8.59. The largest absolute Gasteiger partial charge is 0.417 e. The van der Waals surface area contributed by atoms with Gasteiger partial charge in [-0.15, -0.1) is 0 Å². The van der Waals surface area contributed by atoms with E-state index in [-0.39, 0.29) is 5.82 Å². The number of aryl methyl sites for hydroxylation is 1. The van der Waals surface area contributed by atoms with E-state index in [0.717, 1.165) is 43.8 Å². The molecule has 0 aliphatic carbocycles. The van der Waals surface area contributed by atoms with E-state index in [4.69, 9.17) is 0 Å². The second-order valence-electron chi connectivity index (χ2n) is 6.63. The Morgan fingerprint density at radius 3 is 2.46 bits per heavy atom. The van der Waals surface area contributed by atoms with Crippen LogP contribution in [0.4, 0.5) is 23.4 Å². The quantitative estimate of drug-likeness (QED) is 0.817. The Bertz CT molecular complexity index is 735. The van der Waals surface area contributed by atoms with Crippen molar-refractivity contribution in [2.75, 3.05) is 18.0 Å². The molecule has 0 spiro atoms. The van der Waals surface area contributed by atoms with Crippen LogP contribution in [0.1, 0.15) is 29.5 Å². The minimum absolute atomic E-state index is 0.203. The number of nitrogens with one attached hydrogen (secondary N) is 1. The Hall–Kier alpha value is -2.15. The number of hydrogen-bond donors (Lipinski definition) is 1. The fourth-order valence-electron chi connectivity index (χ4n) is 3.13. The SMILES string of the molecule is Cc1cc(CNC2CCN(c3ccc(C(F)(F)F)cn3)CC2)ccc1F. The molecule has 0 radical (unpaired) electrons. The van der Waals surface area contributed by atoms with Gasteiger partial charge in [-0.25, -0.2) is 9.37 Å². The number of benzene rings is 1. The third kappa shape index (κ3) is 4.52. The maximum Gasteiger partial charge on any atom is 0.417 e. The molecule has 1 aliphatic heterocycles. The van der Waals surface area contributed by atoms with Crippen molar-refractivity contribution in [2.24, 2.45) is 0 Å². The van der Waals surface area contributed by atoms with Crippen LogP contribution in [0.25, 0.3) is 0 Å². The molecule has 7 heteroatoms. The average molecular weight is 367 g/mol. The zero-order valence-electron chi connectivity index (χ0n) is 14.5. The molecule has 3 nitrogen and oxygen atoms in total. The molecule has 0 atom stereocenters. The van der Waals surface area contributed by atoms with Gasteiger partial charge in [0.1, 0.15) is 11.6 Å². The van der Waals surface area contributed by atoms with Crippen LogP contribution in [0.15, 0.2) is 36.5 Å². The number of pyridine rings is 1. The van der Waals surface area contributed by atoms with Crippen LogP contribution in [0, 0.1) is 12.7 Å². The van der Waals surface area contributed by atoms with Gasteiger partial charge in [0.15, 0.2) is 0 Å². The third-order valence-electron chi connectivity index (χ3n) is 4.71. The van der Waals surface area contributed by atoms with Gasteiger partial charge in [0.05, 0.1) is 5.56 Å². The summed E-state index contributed by atoms with van der Waals surface area (Å²) in [6.07, 6.45) is -1.72. The minimum Gasteiger partial charge on any atom is -0.357 e. The molecule has 140 valence electrons. The molecule has 0 bridgehead atoms. The number of alkyl halides is 3. The number of anilines is 1. The van der Waals surface area contributed by atoms with Gasteiger partial charge in [0, 0.05) is 31.9 Å². The highest BCUT2D eigenvalue weighted by Gasteiger charge is 2.31. The van der Waals surface area contributed by atoms with Crippen molar-refractivity contribution in [3.05, 3.63) is 59.0 Å². The van der Waals surface area contributed by atoms with Crippen molar-refractivity contribution in [2.45, 2.75) is 38.5 Å². The summed E-state index contributed by atoms with van der Waals surface area (Å²) in [7, 11) is 0. The number of rotatable bonds is 4. The third-order valence-corrected chi connectivity index (χ3v) is 4.71. The number of nitrogens with zero attached hydrogens (tertiary/aromatic N) is 2. The zero-order chi connectivity index (χ0) is 18.7. The summed E-state index contributed by atoms with van der Waals surface area (Å²) in [5.41, 5.74) is 0.940. The van der Waals surface area contributed by atoms with Gasteiger partial charge < -0.3 is 10.2 Å². The zero-order valence-corrected chi connectivity index (χ0v) is 14.5. The molecule has 0 amide bonds. The van der Waals surface area contributed by atoms with E-state index in [1.165, 1.54) is 12.1 Å². The molecule has 1 fully saturated rings. The van der Waals surface area contributed by atoms with Crippen LogP contribution in [-0.4, -0.2) is 24.1 Å². The Labute approximate surface area is 150 Å². The molecular formula is C19H21F4N3. The number of aromatic nitrogens is 1. The first kappa shape index (κ1) is 18.6. The summed E-state index contributed by atoms with van der Waals surface area (Å²) in [6.45, 7) is 3.88. The normalized spacial score (nSPS) is 16.1. The Balaban J connectivity index is 1.50. The van der Waals surface area contributed by atoms with Crippen LogP contribution in [0.5, 0.6) is 0 Å². The van der Waals surface area contributed by atoms with Gasteiger partial charge in [-0.2, -0.15) is 13.2 Å². The van der Waals surface area contributed by atoms with E-state index >= 15 is 0 Å². The fraction of sp³-hybridized carbons (Fsp3) is 0.421. The summed E-state index contributed by atoms with van der Waals surface area (Å²) < 4.78 is 51.1. The first-order valence-electron chi connectivity index (χ1n) is 8.59. The Morgan fingerprint density at radius 1 is 1.15 bits per heavy atom. The van der Waals surface area contributed by atoms with Crippen molar-refractivity contribution < 1.29 is 17.6 Å². The van der Waals surface area contributed by atoms with Crippen LogP contribution >= 0.6 is 0 Å². The van der Waals surface area contributed by atoms with E-state index in [9.17, 15) is 17.6 Å². The summed E-state index contributed by atoms with van der Waals surface area (Å²) in [6, 6.07) is 7.92. The lowest BCUT2D eigenvalue weighted by Crippen LogP contribution is -2.42. The van der Waals surface area contributed by atoms with Crippen LogP contribution in [0.2, 0.25) is 0 Å². The maximum atomic E-state index is 13.3. The molecule has 2 aromatic rings. The summed E-state index contributed by atoms with van der Waals surface area (Å²) in [5.74, 6) is 0.372. The van der Waals surface area contributed by atoms with E-state index in [0.29, 0.717) is 24.0 Å². The predicted octanol–water partition coefficient (Wildman–Crippen LogP) is 4.31. The Kier molecular flexibility index (Phi) is 5.46. The lowest BCUT2D eigenvalue weighted by atomic mass is 10.0. The lowest BCUT2D eigenvalue weighted by Gasteiger charge is -2.33. The maximum absolute atomic E-state index is 13.3. The van der Waals surface area contributed by atoms with E-state index in [2.05, 4.69) is 10.3 Å². The first-order chi connectivity index (χ1) is 12.3. The minimum atomic E-state index is -4.36. The average Bonchev–Trinajstić information content (AvgIpc) is 2.62. The molecule has 26 heavy (non-hydrogen) atoms. The van der Waals surface area contributed by atoms with Crippen LogP contribution in [-0.2, 0) is 12.7 Å². The predicted molar refractivity (Wildman–Crippen MR) is 92.5 cm³/mol. The van der Waals surface area contributed by atoms with Gasteiger partial charge in [-0.1, -0.05) is 12.1 Å². The number of halogens is 4. The van der Waals surface area contributed by atoms with Gasteiger partial charge in [-0.05, 0) is 49.1 Å². The molecule has 1 aromatic carbocycles. The monoisotopic (exact) mass is 367 g/mol. The molecule has 1 aliphatic rings. The molecular weight excluding hydrogens is 346 g/mol. The fourth-order valence-corrected chi connectivity index (χ4v) is 3.13. The highest BCUT2D eigenvalue weighted by atomic mass is 19.4. The highest BCUT2D eigenvalue weighted by Crippen LogP contribution is 2.29. The standard InChI is InChI=1S/C19H21F4N3/c1-13-10-14(2-4-17(13)20)11-24-16-6-8-26(9-7-16)18-5-3-15(12-25-18)19(21,22)23/h2-5,10,12,16,24H,6-9,11H2,1H3. The van der Waals surface area contributed by atoms with Crippen LogP contribution < -0.4 is 10.2 Å². The highest BCUT2D eigenvalue weighted by molar-refractivity contribution is 5.40. The van der Waals surface area contributed by atoms with Crippen molar-refractivity contribution >= 4 is 5.82 Å². The van der Waals surface area contributed by atoms with Crippen molar-refractivity contribution in [3.63, 3.8) is 0 Å². The summed E-state index contributed by atoms with van der Waals surface area (Å²) in [4.78, 5) is 5.96. The van der Waals surface area contributed by atoms with Gasteiger partial charge in [0.2, 0.25) is 0 Å². The van der Waals surface area contributed by atoms with E-state index in [1.807, 2.05) is 11.0 Å². The summed E-state index contributed by atoms with van der Waals surface area (Å²) in [5, 5.41) is 3.47. The van der Waals surface area contributed by atoms with E-state index in [1.54, 1.807) is 13.0 Å². The molecule has 1 saturated heterocycles. The molecule has 1 N–H and O–H groups in total. The molecule has 0 saturated carbocycles. The van der Waals surface area contributed by atoms with Crippen LogP contribution in [0.3, 0.4) is 0 Å². The molecule has 0 unspecified atom stereocenters. The molecule has 3 rings (SSSR count). The second-order valence-corrected chi connectivity index (χ2v) is 6.63. The van der Waals surface area contributed by atoms with Crippen molar-refractivity contribution in [1.29, 1.82) is 0 Å². The van der Waals surface area contributed by atoms with Gasteiger partial charge >= 0.3 is 6.18 Å². The summed E-state index contributed by atoms with van der Waals surface area (Å²) >= 11 is 0. The van der Waals surface area contributed by atoms with Crippen molar-refractivity contribution in [1.82, 2.24) is 10.3 Å². The number of hydrogen-bond acceptors (Lipinski definition) is 3. The van der Waals surface area contributed by atoms with Gasteiger partial charge in [-0.3, -0.25) is 0 Å².